The zero-order valence-corrected chi connectivity index (χ0v) is 14.1. The molecule has 0 spiro atoms. The molecule has 0 aliphatic rings. The van der Waals surface area contributed by atoms with Gasteiger partial charge in [0.2, 0.25) is 0 Å². The third kappa shape index (κ3) is 3.73. The lowest BCUT2D eigenvalue weighted by atomic mass is 10.2. The Hall–Kier alpha value is -1.86. The fourth-order valence-electron chi connectivity index (χ4n) is 2.09. The molecule has 0 aliphatic heterocycles. The molecule has 0 unspecified atom stereocenters. The zero-order valence-electron chi connectivity index (χ0n) is 12.5. The van der Waals surface area contributed by atoms with Crippen LogP contribution in [-0.2, 0) is 5.75 Å². The normalized spacial score (nSPS) is 11.0. The van der Waals surface area contributed by atoms with Gasteiger partial charge in [0.1, 0.15) is 16.6 Å². The van der Waals surface area contributed by atoms with Gasteiger partial charge in [-0.2, -0.15) is 0 Å². The first-order valence-corrected chi connectivity index (χ1v) is 8.73. The minimum Gasteiger partial charge on any atom is -0.240 e. The van der Waals surface area contributed by atoms with Crippen LogP contribution < -0.4 is 0 Å². The van der Waals surface area contributed by atoms with Crippen molar-refractivity contribution in [3.63, 3.8) is 0 Å². The number of nitrogens with zero attached hydrogens (tertiary/aromatic N) is 3. The molecule has 23 heavy (non-hydrogen) atoms. The third-order valence-corrected chi connectivity index (χ3v) is 4.83. The number of hydrogen-bond acceptors (Lipinski definition) is 5. The SMILES string of the molecule is Cc1cc(C)nc(SCc2csc(-c3c(F)cccc3F)n2)n1. The number of thioether (sulfide) groups is 1. The Balaban J connectivity index is 1.77. The van der Waals surface area contributed by atoms with Crippen LogP contribution in [0.15, 0.2) is 34.8 Å². The van der Waals surface area contributed by atoms with Crippen LogP contribution in [0.1, 0.15) is 17.1 Å². The van der Waals surface area contributed by atoms with Crippen molar-refractivity contribution in [1.82, 2.24) is 15.0 Å². The fraction of sp³-hybridized carbons (Fsp3) is 0.188. The average Bonchev–Trinajstić information content (AvgIpc) is 2.92. The Morgan fingerprint density at radius 1 is 1.04 bits per heavy atom. The van der Waals surface area contributed by atoms with Gasteiger partial charge >= 0.3 is 0 Å². The van der Waals surface area contributed by atoms with E-state index in [1.54, 1.807) is 5.38 Å². The maximum absolute atomic E-state index is 13.8. The van der Waals surface area contributed by atoms with E-state index < -0.39 is 11.6 Å². The molecule has 2 aromatic heterocycles. The van der Waals surface area contributed by atoms with Gasteiger partial charge < -0.3 is 0 Å². The molecule has 3 aromatic rings. The van der Waals surface area contributed by atoms with Crippen molar-refractivity contribution in [3.8, 4) is 10.6 Å². The Labute approximate surface area is 140 Å². The molecule has 118 valence electrons. The van der Waals surface area contributed by atoms with Gasteiger partial charge in [-0.3, -0.25) is 0 Å². The molecule has 0 N–H and O–H groups in total. The molecular formula is C16H13F2N3S2. The van der Waals surface area contributed by atoms with Crippen molar-refractivity contribution < 1.29 is 8.78 Å². The van der Waals surface area contributed by atoms with Crippen molar-refractivity contribution in [1.29, 1.82) is 0 Å². The monoisotopic (exact) mass is 349 g/mol. The molecule has 0 bridgehead atoms. The maximum Gasteiger partial charge on any atom is 0.188 e. The van der Waals surface area contributed by atoms with Crippen LogP contribution in [0.25, 0.3) is 10.6 Å². The Morgan fingerprint density at radius 3 is 2.35 bits per heavy atom. The van der Waals surface area contributed by atoms with Crippen LogP contribution in [0.3, 0.4) is 0 Å². The van der Waals surface area contributed by atoms with E-state index in [-0.39, 0.29) is 5.56 Å². The van der Waals surface area contributed by atoms with Gasteiger partial charge in [-0.1, -0.05) is 17.8 Å². The summed E-state index contributed by atoms with van der Waals surface area (Å²) >= 11 is 2.68. The molecule has 0 saturated heterocycles. The predicted octanol–water partition coefficient (Wildman–Crippen LogP) is 4.79. The largest absolute Gasteiger partial charge is 0.240 e. The van der Waals surface area contributed by atoms with Gasteiger partial charge in [0.25, 0.3) is 0 Å². The Bertz CT molecular complexity index is 809. The molecular weight excluding hydrogens is 336 g/mol. The van der Waals surface area contributed by atoms with Crippen molar-refractivity contribution >= 4 is 23.1 Å². The van der Waals surface area contributed by atoms with Gasteiger partial charge in [0.05, 0.1) is 11.3 Å². The summed E-state index contributed by atoms with van der Waals surface area (Å²) < 4.78 is 27.6. The van der Waals surface area contributed by atoms with Crippen LogP contribution in [-0.4, -0.2) is 15.0 Å². The first-order valence-electron chi connectivity index (χ1n) is 6.87. The summed E-state index contributed by atoms with van der Waals surface area (Å²) in [5, 5.41) is 2.82. The second-order valence-corrected chi connectivity index (χ2v) is 6.76. The van der Waals surface area contributed by atoms with Crippen LogP contribution in [0, 0.1) is 25.5 Å². The number of aryl methyl sites for hydroxylation is 2. The van der Waals surface area contributed by atoms with Gasteiger partial charge in [-0.15, -0.1) is 11.3 Å². The highest BCUT2D eigenvalue weighted by Gasteiger charge is 2.15. The van der Waals surface area contributed by atoms with Crippen LogP contribution >= 0.6 is 23.1 Å². The topological polar surface area (TPSA) is 38.7 Å². The minimum absolute atomic E-state index is 0.0728. The van der Waals surface area contributed by atoms with Gasteiger partial charge in [0, 0.05) is 22.5 Å². The molecule has 0 atom stereocenters. The highest BCUT2D eigenvalue weighted by Crippen LogP contribution is 2.30. The summed E-state index contributed by atoms with van der Waals surface area (Å²) in [6, 6.07) is 5.72. The highest BCUT2D eigenvalue weighted by atomic mass is 32.2. The van der Waals surface area contributed by atoms with Crippen LogP contribution in [0.2, 0.25) is 0 Å². The lowest BCUT2D eigenvalue weighted by molar-refractivity contribution is 0.589. The van der Waals surface area contributed by atoms with Crippen molar-refractivity contribution in [2.45, 2.75) is 24.8 Å². The second-order valence-electron chi connectivity index (χ2n) is 4.96. The quantitative estimate of drug-likeness (QED) is 0.501. The van der Waals surface area contributed by atoms with Crippen LogP contribution in [0.4, 0.5) is 8.78 Å². The van der Waals surface area contributed by atoms with E-state index >= 15 is 0 Å². The molecule has 3 nitrogen and oxygen atoms in total. The highest BCUT2D eigenvalue weighted by molar-refractivity contribution is 7.98. The maximum atomic E-state index is 13.8. The standard InChI is InChI=1S/C16H13F2N3S2/c1-9-6-10(2)20-16(19-9)23-8-11-7-22-15(21-11)14-12(17)4-3-5-13(14)18/h3-7H,8H2,1-2H3. The zero-order chi connectivity index (χ0) is 16.4. The molecule has 0 radical (unpaired) electrons. The minimum atomic E-state index is -0.601. The van der Waals surface area contributed by atoms with Gasteiger partial charge in [-0.05, 0) is 32.0 Å². The summed E-state index contributed by atoms with van der Waals surface area (Å²) in [5.74, 6) is -0.650. The van der Waals surface area contributed by atoms with Gasteiger partial charge in [0.15, 0.2) is 5.16 Å². The summed E-state index contributed by atoms with van der Waals surface area (Å²) in [4.78, 5) is 13.0. The van der Waals surface area contributed by atoms with E-state index in [2.05, 4.69) is 15.0 Å². The van der Waals surface area contributed by atoms with Crippen molar-refractivity contribution in [2.24, 2.45) is 0 Å². The molecule has 0 amide bonds. The fourth-order valence-corrected chi connectivity index (χ4v) is 3.90. The van der Waals surface area contributed by atoms with E-state index in [1.807, 2.05) is 19.9 Å². The molecule has 1 aromatic carbocycles. The molecule has 7 heteroatoms. The third-order valence-electron chi connectivity index (χ3n) is 3.04. The molecule has 0 saturated carbocycles. The smallest absolute Gasteiger partial charge is 0.188 e. The molecule has 0 fully saturated rings. The number of benzene rings is 1. The van der Waals surface area contributed by atoms with E-state index in [0.717, 1.165) is 17.1 Å². The lowest BCUT2D eigenvalue weighted by Gasteiger charge is -2.02. The number of aromatic nitrogens is 3. The van der Waals surface area contributed by atoms with Crippen LogP contribution in [0.5, 0.6) is 0 Å². The molecule has 2 heterocycles. The summed E-state index contributed by atoms with van der Waals surface area (Å²) in [6.45, 7) is 3.83. The predicted molar refractivity (Wildman–Crippen MR) is 88.5 cm³/mol. The summed E-state index contributed by atoms with van der Waals surface area (Å²) in [7, 11) is 0. The Kier molecular flexibility index (Phi) is 4.68. The number of thiazole rings is 1. The van der Waals surface area contributed by atoms with E-state index in [1.165, 1.54) is 41.3 Å². The van der Waals surface area contributed by atoms with E-state index in [0.29, 0.717) is 15.9 Å². The molecule has 0 aliphatic carbocycles. The number of hydrogen-bond donors (Lipinski definition) is 0. The average molecular weight is 349 g/mol. The number of rotatable bonds is 4. The Morgan fingerprint density at radius 2 is 1.70 bits per heavy atom. The lowest BCUT2D eigenvalue weighted by Crippen LogP contribution is -1.93. The number of halogens is 2. The van der Waals surface area contributed by atoms with Crippen molar-refractivity contribution in [3.05, 3.63) is 58.4 Å². The van der Waals surface area contributed by atoms with E-state index in [4.69, 9.17) is 0 Å². The molecule has 3 rings (SSSR count). The van der Waals surface area contributed by atoms with Gasteiger partial charge in [-0.25, -0.2) is 23.7 Å². The summed E-state index contributed by atoms with van der Waals surface area (Å²) in [6.07, 6.45) is 0. The first kappa shape index (κ1) is 16.0. The first-order chi connectivity index (χ1) is 11.0. The summed E-state index contributed by atoms with van der Waals surface area (Å²) in [5.41, 5.74) is 2.50. The van der Waals surface area contributed by atoms with Crippen molar-refractivity contribution in [2.75, 3.05) is 0 Å². The van der Waals surface area contributed by atoms with E-state index in [9.17, 15) is 8.78 Å². The second kappa shape index (κ2) is 6.72.